The molecule has 230 valence electrons. The molecule has 0 aliphatic carbocycles. The molecule has 3 heterocycles. The Morgan fingerprint density at radius 2 is 1.46 bits per heavy atom. The number of rotatable bonds is 8. The standard InChI is InChI=1S/C24H35N3O12S2/c1-13(28)35-11-17-18(36-14(2)29)19(37-15(3)30)20(38-16(4)31)21(39-17)41(32,33)23-25-24(5,6)22(40)27(23)12-26-7-9-34-10-8-26/h17-21H,7-12H2,1-6H3/t17-,18-,19+,20-,21+/m1/s1. The zero-order valence-corrected chi connectivity index (χ0v) is 25.3. The normalized spacial score (nSPS) is 28.4. The summed E-state index contributed by atoms with van der Waals surface area (Å²) in [5.74, 6) is -3.38. The zero-order chi connectivity index (χ0) is 30.7. The van der Waals surface area contributed by atoms with Gasteiger partial charge in [0, 0.05) is 40.8 Å². The monoisotopic (exact) mass is 621 g/mol. The molecule has 0 spiro atoms. The molecule has 0 radical (unpaired) electrons. The van der Waals surface area contributed by atoms with Crippen molar-refractivity contribution in [3.63, 3.8) is 0 Å². The predicted octanol–water partition coefficient (Wildman–Crippen LogP) is -0.448. The van der Waals surface area contributed by atoms with Gasteiger partial charge in [-0.1, -0.05) is 12.2 Å². The number of ether oxygens (including phenoxy) is 6. The van der Waals surface area contributed by atoms with Gasteiger partial charge in [-0.05, 0) is 13.8 Å². The number of aliphatic imine (C=N–C) groups is 1. The van der Waals surface area contributed by atoms with Gasteiger partial charge < -0.3 is 28.4 Å². The molecule has 3 aliphatic heterocycles. The molecule has 0 unspecified atom stereocenters. The van der Waals surface area contributed by atoms with E-state index in [0.717, 1.165) is 27.7 Å². The number of carbonyl (C=O) groups excluding carboxylic acids is 4. The highest BCUT2D eigenvalue weighted by Crippen LogP contribution is 2.35. The number of amidine groups is 1. The van der Waals surface area contributed by atoms with Gasteiger partial charge in [-0.2, -0.15) is 0 Å². The first-order valence-corrected chi connectivity index (χ1v) is 14.8. The van der Waals surface area contributed by atoms with Gasteiger partial charge in [-0.15, -0.1) is 0 Å². The Kier molecular flexibility index (Phi) is 10.4. The molecular formula is C24H35N3O12S2. The van der Waals surface area contributed by atoms with Gasteiger partial charge in [0.1, 0.15) is 23.2 Å². The van der Waals surface area contributed by atoms with Crippen molar-refractivity contribution < 1.29 is 56.0 Å². The molecule has 15 nitrogen and oxygen atoms in total. The average molecular weight is 622 g/mol. The summed E-state index contributed by atoms with van der Waals surface area (Å²) in [4.78, 5) is 55.8. The Morgan fingerprint density at radius 3 is 2.00 bits per heavy atom. The number of morpholine rings is 1. The van der Waals surface area contributed by atoms with E-state index in [9.17, 15) is 27.6 Å². The first-order valence-electron chi connectivity index (χ1n) is 12.8. The fourth-order valence-electron chi connectivity index (χ4n) is 4.59. The fourth-order valence-corrected chi connectivity index (χ4v) is 6.71. The molecule has 3 rings (SSSR count). The van der Waals surface area contributed by atoms with Crippen LogP contribution in [0.3, 0.4) is 0 Å². The quantitative estimate of drug-likeness (QED) is 0.193. The molecule has 0 aromatic rings. The van der Waals surface area contributed by atoms with Crippen LogP contribution in [0.25, 0.3) is 0 Å². The van der Waals surface area contributed by atoms with Crippen molar-refractivity contribution in [2.75, 3.05) is 39.6 Å². The topological polar surface area (TPSA) is 177 Å². The summed E-state index contributed by atoms with van der Waals surface area (Å²) < 4.78 is 61.1. The van der Waals surface area contributed by atoms with Crippen LogP contribution in [0.2, 0.25) is 0 Å². The number of hydrogen-bond acceptors (Lipinski definition) is 15. The highest BCUT2D eigenvalue weighted by molar-refractivity contribution is 8.06. The van der Waals surface area contributed by atoms with Gasteiger partial charge in [0.15, 0.2) is 18.3 Å². The third-order valence-electron chi connectivity index (χ3n) is 6.33. The maximum absolute atomic E-state index is 14.4. The minimum atomic E-state index is -4.69. The minimum absolute atomic E-state index is 0.0783. The second-order valence-electron chi connectivity index (χ2n) is 10.2. The lowest BCUT2D eigenvalue weighted by atomic mass is 9.99. The van der Waals surface area contributed by atoms with Gasteiger partial charge in [0.25, 0.3) is 0 Å². The Hall–Kier alpha value is -2.73. The van der Waals surface area contributed by atoms with Crippen LogP contribution in [-0.4, -0.2) is 127 Å². The first kappa shape index (κ1) is 32.8. The summed E-state index contributed by atoms with van der Waals surface area (Å²) in [5.41, 5.74) is -3.12. The molecule has 0 bridgehead atoms. The van der Waals surface area contributed by atoms with Gasteiger partial charge in [-0.3, -0.25) is 29.0 Å². The fraction of sp³-hybridized carbons (Fsp3) is 0.750. The van der Waals surface area contributed by atoms with Gasteiger partial charge in [0.05, 0.1) is 19.9 Å². The number of thiocarbonyl (C=S) groups is 1. The van der Waals surface area contributed by atoms with Crippen molar-refractivity contribution in [3.8, 4) is 0 Å². The van der Waals surface area contributed by atoms with E-state index in [2.05, 4.69) is 4.99 Å². The van der Waals surface area contributed by atoms with Crippen LogP contribution in [0.15, 0.2) is 4.99 Å². The molecule has 3 aliphatic rings. The highest BCUT2D eigenvalue weighted by Gasteiger charge is 2.59. The van der Waals surface area contributed by atoms with Crippen LogP contribution in [0.5, 0.6) is 0 Å². The second-order valence-corrected chi connectivity index (χ2v) is 12.5. The van der Waals surface area contributed by atoms with Crippen LogP contribution in [0.4, 0.5) is 0 Å². The molecule has 0 N–H and O–H groups in total. The smallest absolute Gasteiger partial charge is 0.303 e. The van der Waals surface area contributed by atoms with Crippen LogP contribution in [-0.2, 0) is 57.4 Å². The molecule has 41 heavy (non-hydrogen) atoms. The Morgan fingerprint density at radius 1 is 0.927 bits per heavy atom. The Bertz CT molecular complexity index is 1200. The molecule has 0 amide bonds. The van der Waals surface area contributed by atoms with E-state index in [0.29, 0.717) is 26.3 Å². The van der Waals surface area contributed by atoms with Gasteiger partial charge in [0.2, 0.25) is 20.4 Å². The lowest BCUT2D eigenvalue weighted by Crippen LogP contribution is -2.65. The predicted molar refractivity (Wildman–Crippen MR) is 144 cm³/mol. The lowest BCUT2D eigenvalue weighted by Gasteiger charge is -2.44. The summed E-state index contributed by atoms with van der Waals surface area (Å²) >= 11 is 5.61. The maximum atomic E-state index is 14.4. The van der Waals surface area contributed by atoms with E-state index in [1.807, 2.05) is 4.90 Å². The average Bonchev–Trinajstić information content (AvgIpc) is 3.09. The molecule has 5 atom stereocenters. The molecule has 0 aromatic heterocycles. The molecule has 2 saturated heterocycles. The summed E-state index contributed by atoms with van der Waals surface area (Å²) in [6, 6.07) is 0. The Balaban J connectivity index is 2.11. The largest absolute Gasteiger partial charge is 0.463 e. The number of carbonyl (C=O) groups is 4. The molecule has 2 fully saturated rings. The van der Waals surface area contributed by atoms with Crippen molar-refractivity contribution in [3.05, 3.63) is 0 Å². The van der Waals surface area contributed by atoms with E-state index >= 15 is 0 Å². The van der Waals surface area contributed by atoms with E-state index in [1.54, 1.807) is 13.8 Å². The van der Waals surface area contributed by atoms with Crippen molar-refractivity contribution in [2.24, 2.45) is 4.99 Å². The lowest BCUT2D eigenvalue weighted by molar-refractivity contribution is -0.238. The van der Waals surface area contributed by atoms with Crippen LogP contribution in [0.1, 0.15) is 41.5 Å². The summed E-state index contributed by atoms with van der Waals surface area (Å²) in [7, 11) is -4.69. The summed E-state index contributed by atoms with van der Waals surface area (Å²) in [6.07, 6.45) is -6.39. The third kappa shape index (κ3) is 7.77. The first-order chi connectivity index (χ1) is 19.0. The maximum Gasteiger partial charge on any atom is 0.303 e. The van der Waals surface area contributed by atoms with Crippen molar-refractivity contribution in [1.82, 2.24) is 9.80 Å². The van der Waals surface area contributed by atoms with Crippen LogP contribution in [0, 0.1) is 0 Å². The SMILES string of the molecule is CC(=O)OC[C@H]1O[C@@H](S(=O)(=O)C2=NC(C)(C)C(=S)N2CN2CCOCC2)[C@H](OC(C)=O)[C@@H](OC(C)=O)[C@@H]1OC(C)=O. The van der Waals surface area contributed by atoms with E-state index in [1.165, 1.54) is 4.90 Å². The van der Waals surface area contributed by atoms with E-state index in [4.69, 9.17) is 40.6 Å². The van der Waals surface area contributed by atoms with Crippen molar-refractivity contribution in [1.29, 1.82) is 0 Å². The second kappa shape index (κ2) is 13.1. The van der Waals surface area contributed by atoms with Crippen molar-refractivity contribution in [2.45, 2.75) is 76.9 Å². The highest BCUT2D eigenvalue weighted by atomic mass is 32.2. The number of nitrogens with zero attached hydrogens (tertiary/aromatic N) is 3. The minimum Gasteiger partial charge on any atom is -0.463 e. The molecule has 0 saturated carbocycles. The molecular weight excluding hydrogens is 586 g/mol. The molecule has 0 aromatic carbocycles. The van der Waals surface area contributed by atoms with Crippen molar-refractivity contribution >= 4 is 56.1 Å². The zero-order valence-electron chi connectivity index (χ0n) is 23.7. The molecule has 17 heteroatoms. The van der Waals surface area contributed by atoms with E-state index in [-0.39, 0.29) is 11.7 Å². The summed E-state index contributed by atoms with van der Waals surface area (Å²) in [6.45, 7) is 8.99. The number of hydrogen-bond donors (Lipinski definition) is 0. The van der Waals surface area contributed by atoms with Gasteiger partial charge >= 0.3 is 23.9 Å². The third-order valence-corrected chi connectivity index (χ3v) is 8.86. The summed E-state index contributed by atoms with van der Waals surface area (Å²) in [5, 5.41) is -0.445. The van der Waals surface area contributed by atoms with E-state index < -0.39 is 80.9 Å². The Labute approximate surface area is 243 Å². The van der Waals surface area contributed by atoms with Gasteiger partial charge in [-0.25, -0.2) is 13.4 Å². The number of esters is 4. The van der Waals surface area contributed by atoms with Crippen LogP contribution >= 0.6 is 12.2 Å². The number of sulfone groups is 1. The van der Waals surface area contributed by atoms with Crippen LogP contribution < -0.4 is 0 Å².